The van der Waals surface area contributed by atoms with E-state index < -0.39 is 5.95 Å². The van der Waals surface area contributed by atoms with Gasteiger partial charge in [0.1, 0.15) is 5.75 Å². The molecule has 2 aromatic heterocycles. The number of hydrogen-bond donors (Lipinski definition) is 1. The van der Waals surface area contributed by atoms with E-state index in [9.17, 15) is 4.39 Å². The molecule has 3 aromatic rings. The average molecular weight is 331 g/mol. The summed E-state index contributed by atoms with van der Waals surface area (Å²) in [6.45, 7) is 4.07. The lowest BCUT2D eigenvalue weighted by Gasteiger charge is -2.17. The third-order valence-electron chi connectivity index (χ3n) is 4.38. The number of aromatic nitrogens is 2. The second-order valence-corrected chi connectivity index (χ2v) is 5.99. The summed E-state index contributed by atoms with van der Waals surface area (Å²) in [5.74, 6) is 0.300. The molecule has 1 aromatic carbocycles. The summed E-state index contributed by atoms with van der Waals surface area (Å²) in [5.41, 5.74) is 2.61. The second kappa shape index (κ2) is 6.75. The summed E-state index contributed by atoms with van der Waals surface area (Å²) < 4.78 is 21.3. The van der Waals surface area contributed by atoms with Crippen molar-refractivity contribution in [3.05, 3.63) is 35.9 Å². The molecule has 3 rings (SSSR count). The van der Waals surface area contributed by atoms with E-state index in [1.165, 1.54) is 6.07 Å². The Morgan fingerprint density at radius 2 is 2.04 bits per heavy atom. The maximum atomic E-state index is 13.8. The van der Waals surface area contributed by atoms with Crippen molar-refractivity contribution in [3.63, 3.8) is 0 Å². The van der Waals surface area contributed by atoms with E-state index in [4.69, 9.17) is 9.84 Å². The van der Waals surface area contributed by atoms with Gasteiger partial charge in [-0.05, 0) is 26.1 Å². The van der Waals surface area contributed by atoms with Gasteiger partial charge in [0.05, 0.1) is 30.4 Å². The van der Waals surface area contributed by atoms with Crippen LogP contribution in [0.3, 0.4) is 0 Å². The molecule has 128 valence electrons. The van der Waals surface area contributed by atoms with Crippen molar-refractivity contribution in [2.45, 2.75) is 13.5 Å². The molecule has 2 heterocycles. The maximum Gasteiger partial charge on any atom is 0.213 e. The monoisotopic (exact) mass is 331 g/mol. The maximum absolute atomic E-state index is 13.8. The van der Waals surface area contributed by atoms with Crippen molar-refractivity contribution in [2.24, 2.45) is 0 Å². The highest BCUT2D eigenvalue weighted by Crippen LogP contribution is 2.33. The zero-order chi connectivity index (χ0) is 17.3. The molecule has 6 heteroatoms. The number of aryl methyl sites for hydroxylation is 1. The van der Waals surface area contributed by atoms with Gasteiger partial charge in [-0.25, -0.2) is 4.98 Å². The number of ether oxygens (including phenoxy) is 1. The predicted molar refractivity (Wildman–Crippen MR) is 93.1 cm³/mol. The van der Waals surface area contributed by atoms with E-state index in [0.29, 0.717) is 12.2 Å². The fraction of sp³-hybridized carbons (Fsp3) is 0.389. The van der Waals surface area contributed by atoms with Gasteiger partial charge in [-0.2, -0.15) is 4.39 Å². The van der Waals surface area contributed by atoms with Crippen LogP contribution in [0.2, 0.25) is 0 Å². The van der Waals surface area contributed by atoms with Crippen molar-refractivity contribution in [2.75, 3.05) is 33.9 Å². The van der Waals surface area contributed by atoms with Crippen LogP contribution in [0.25, 0.3) is 21.8 Å². The first-order valence-corrected chi connectivity index (χ1v) is 7.97. The molecular weight excluding hydrogens is 309 g/mol. The number of nitrogens with zero attached hydrogens (tertiary/aromatic N) is 3. The highest BCUT2D eigenvalue weighted by molar-refractivity contribution is 6.09. The molecule has 0 saturated heterocycles. The fourth-order valence-corrected chi connectivity index (χ4v) is 3.17. The summed E-state index contributed by atoms with van der Waals surface area (Å²) in [5, 5.41) is 10.9. The lowest BCUT2D eigenvalue weighted by molar-refractivity contribution is 0.218. The smallest absolute Gasteiger partial charge is 0.213 e. The van der Waals surface area contributed by atoms with Crippen LogP contribution in [-0.2, 0) is 6.54 Å². The van der Waals surface area contributed by atoms with Crippen LogP contribution < -0.4 is 4.74 Å². The van der Waals surface area contributed by atoms with Crippen molar-refractivity contribution in [3.8, 4) is 5.75 Å². The van der Waals surface area contributed by atoms with Crippen molar-refractivity contribution < 1.29 is 14.2 Å². The molecule has 1 N–H and O–H groups in total. The van der Waals surface area contributed by atoms with E-state index in [0.717, 1.165) is 40.6 Å². The minimum atomic E-state index is -0.465. The number of likely N-dealkylation sites (N-methyl/N-ethyl adjacent to an activating group) is 1. The van der Waals surface area contributed by atoms with Gasteiger partial charge in [0.25, 0.3) is 0 Å². The van der Waals surface area contributed by atoms with Gasteiger partial charge in [0.2, 0.25) is 5.95 Å². The number of aliphatic hydroxyl groups is 1. The number of benzene rings is 1. The first-order valence-electron chi connectivity index (χ1n) is 7.97. The van der Waals surface area contributed by atoms with Crippen molar-refractivity contribution >= 4 is 21.8 Å². The number of halogens is 1. The molecule has 0 saturated carbocycles. The Kier molecular flexibility index (Phi) is 4.69. The SMILES string of the molecule is COc1ccc2c3cc(F)nc(C)c3n(CCN(C)CCO)c2c1. The molecule has 0 bridgehead atoms. The van der Waals surface area contributed by atoms with Gasteiger partial charge < -0.3 is 19.3 Å². The number of fused-ring (bicyclic) bond motifs is 3. The minimum Gasteiger partial charge on any atom is -0.497 e. The molecule has 0 aliphatic carbocycles. The zero-order valence-electron chi connectivity index (χ0n) is 14.2. The number of pyridine rings is 1. The number of hydrogen-bond acceptors (Lipinski definition) is 4. The van der Waals surface area contributed by atoms with Gasteiger partial charge in [-0.15, -0.1) is 0 Å². The normalized spacial score (nSPS) is 11.8. The van der Waals surface area contributed by atoms with Crippen LogP contribution in [0.5, 0.6) is 5.75 Å². The van der Waals surface area contributed by atoms with Crippen LogP contribution in [0, 0.1) is 12.9 Å². The Morgan fingerprint density at radius 1 is 1.25 bits per heavy atom. The van der Waals surface area contributed by atoms with Gasteiger partial charge in [0.15, 0.2) is 0 Å². The van der Waals surface area contributed by atoms with Gasteiger partial charge in [-0.1, -0.05) is 0 Å². The van der Waals surface area contributed by atoms with Crippen LogP contribution in [0.15, 0.2) is 24.3 Å². The number of methoxy groups -OCH3 is 1. The molecule has 0 aliphatic heterocycles. The lowest BCUT2D eigenvalue weighted by Crippen LogP contribution is -2.26. The Balaban J connectivity index is 2.18. The minimum absolute atomic E-state index is 0.128. The molecule has 5 nitrogen and oxygen atoms in total. The van der Waals surface area contributed by atoms with E-state index in [2.05, 4.69) is 14.5 Å². The van der Waals surface area contributed by atoms with E-state index in [1.54, 1.807) is 7.11 Å². The Morgan fingerprint density at radius 3 is 2.75 bits per heavy atom. The van der Waals surface area contributed by atoms with Crippen molar-refractivity contribution in [1.82, 2.24) is 14.5 Å². The topological polar surface area (TPSA) is 50.5 Å². The summed E-state index contributed by atoms with van der Waals surface area (Å²) in [4.78, 5) is 6.05. The molecule has 0 atom stereocenters. The quantitative estimate of drug-likeness (QED) is 0.706. The predicted octanol–water partition coefficient (Wildman–Crippen LogP) is 2.57. The van der Waals surface area contributed by atoms with Gasteiger partial charge in [0, 0.05) is 42.5 Å². The first kappa shape index (κ1) is 16.7. The highest BCUT2D eigenvalue weighted by Gasteiger charge is 2.16. The van der Waals surface area contributed by atoms with Crippen LogP contribution in [0.4, 0.5) is 4.39 Å². The zero-order valence-corrected chi connectivity index (χ0v) is 14.2. The molecule has 0 amide bonds. The van der Waals surface area contributed by atoms with E-state index >= 15 is 0 Å². The van der Waals surface area contributed by atoms with Crippen LogP contribution in [-0.4, -0.2) is 53.4 Å². The van der Waals surface area contributed by atoms with E-state index in [-0.39, 0.29) is 6.61 Å². The summed E-state index contributed by atoms with van der Waals surface area (Å²) in [6, 6.07) is 7.31. The summed E-state index contributed by atoms with van der Waals surface area (Å²) >= 11 is 0. The average Bonchev–Trinajstić information content (AvgIpc) is 2.86. The molecule has 0 aliphatic rings. The van der Waals surface area contributed by atoms with Crippen LogP contribution >= 0.6 is 0 Å². The van der Waals surface area contributed by atoms with Gasteiger partial charge in [-0.3, -0.25) is 0 Å². The third-order valence-corrected chi connectivity index (χ3v) is 4.38. The van der Waals surface area contributed by atoms with Gasteiger partial charge >= 0.3 is 0 Å². The summed E-state index contributed by atoms with van der Waals surface area (Å²) in [7, 11) is 3.60. The Bertz CT molecular complexity index is 876. The highest BCUT2D eigenvalue weighted by atomic mass is 19.1. The number of aliphatic hydroxyl groups excluding tert-OH is 1. The first-order chi connectivity index (χ1) is 11.5. The van der Waals surface area contributed by atoms with Crippen molar-refractivity contribution in [1.29, 1.82) is 0 Å². The molecule has 0 unspecified atom stereocenters. The molecule has 0 fully saturated rings. The molecule has 0 spiro atoms. The van der Waals surface area contributed by atoms with E-state index in [1.807, 2.05) is 32.2 Å². The lowest BCUT2D eigenvalue weighted by atomic mass is 10.1. The standard InChI is InChI=1S/C18H22FN3O2/c1-12-18-15(11-17(19)20-12)14-5-4-13(24-3)10-16(14)22(18)7-6-21(2)8-9-23/h4-5,10-11,23H,6-9H2,1-3H3. The largest absolute Gasteiger partial charge is 0.497 e. The Labute approximate surface area is 140 Å². The summed E-state index contributed by atoms with van der Waals surface area (Å²) in [6.07, 6.45) is 0. The second-order valence-electron chi connectivity index (χ2n) is 5.99. The third kappa shape index (κ3) is 2.95. The Hall–Kier alpha value is -2.18. The van der Waals surface area contributed by atoms with Crippen LogP contribution in [0.1, 0.15) is 5.69 Å². The molecular formula is C18H22FN3O2. The number of rotatable bonds is 6. The molecule has 24 heavy (non-hydrogen) atoms. The fourth-order valence-electron chi connectivity index (χ4n) is 3.17. The molecule has 0 radical (unpaired) electrons.